The number of nitrogens with one attached hydrogen (secondary N) is 1. The average molecular weight is 373 g/mol. The molecule has 0 fully saturated rings. The number of carbonyl (C=O) groups is 2. The summed E-state index contributed by atoms with van der Waals surface area (Å²) in [5, 5.41) is 10.9. The van der Waals surface area contributed by atoms with Crippen LogP contribution in [0, 0.1) is 0 Å². The summed E-state index contributed by atoms with van der Waals surface area (Å²) < 4.78 is 5.62. The van der Waals surface area contributed by atoms with Crippen LogP contribution in [-0.4, -0.2) is 34.0 Å². The van der Waals surface area contributed by atoms with Gasteiger partial charge in [-0.2, -0.15) is 0 Å². The number of nitrogens with zero attached hydrogens (tertiary/aromatic N) is 3. The quantitative estimate of drug-likeness (QED) is 0.701. The zero-order valence-corrected chi connectivity index (χ0v) is 14.4. The summed E-state index contributed by atoms with van der Waals surface area (Å²) in [7, 11) is 1.23. The fraction of sp³-hybridized carbons (Fsp3) is 0.118. The molecule has 9 heteroatoms. The number of hydrogen-bond donors (Lipinski definition) is 1. The van der Waals surface area contributed by atoms with Crippen molar-refractivity contribution in [1.82, 2.24) is 15.0 Å². The van der Waals surface area contributed by atoms with Crippen molar-refractivity contribution in [3.8, 4) is 0 Å². The third-order valence-corrected chi connectivity index (χ3v) is 3.82. The molecule has 0 aliphatic heterocycles. The van der Waals surface area contributed by atoms with Gasteiger partial charge in [-0.3, -0.25) is 9.59 Å². The number of fused-ring (bicyclic) bond motifs is 1. The maximum atomic E-state index is 12.4. The lowest BCUT2D eigenvalue weighted by Gasteiger charge is -2.10. The Bertz CT molecular complexity index is 1060. The van der Waals surface area contributed by atoms with Crippen molar-refractivity contribution in [2.24, 2.45) is 0 Å². The number of ether oxygens (including phenoxy) is 1. The van der Waals surface area contributed by atoms with E-state index in [0.717, 1.165) is 4.68 Å². The highest BCUT2D eigenvalue weighted by molar-refractivity contribution is 6.31. The molecule has 0 radical (unpaired) electrons. The van der Waals surface area contributed by atoms with Gasteiger partial charge in [0.1, 0.15) is 12.1 Å². The van der Waals surface area contributed by atoms with Crippen LogP contribution in [0.2, 0.25) is 5.02 Å². The van der Waals surface area contributed by atoms with Crippen molar-refractivity contribution in [1.29, 1.82) is 0 Å². The van der Waals surface area contributed by atoms with E-state index < -0.39 is 17.4 Å². The Hall–Kier alpha value is -3.26. The number of carbonyl (C=O) groups excluding carboxylic acids is 2. The van der Waals surface area contributed by atoms with Crippen molar-refractivity contribution in [3.63, 3.8) is 0 Å². The molecule has 2 aromatic carbocycles. The highest BCUT2D eigenvalue weighted by Gasteiger charge is 2.16. The van der Waals surface area contributed by atoms with Gasteiger partial charge in [0.25, 0.3) is 5.56 Å². The van der Waals surface area contributed by atoms with E-state index in [-0.39, 0.29) is 17.8 Å². The second-order valence-electron chi connectivity index (χ2n) is 5.30. The lowest BCUT2D eigenvalue weighted by atomic mass is 10.2. The predicted octanol–water partition coefficient (Wildman–Crippen LogP) is 1.87. The van der Waals surface area contributed by atoms with Gasteiger partial charge in [-0.05, 0) is 30.3 Å². The Kier molecular flexibility index (Phi) is 4.94. The van der Waals surface area contributed by atoms with E-state index in [2.05, 4.69) is 20.4 Å². The first-order valence-corrected chi connectivity index (χ1v) is 7.87. The third-order valence-electron chi connectivity index (χ3n) is 3.58. The Morgan fingerprint density at radius 1 is 1.23 bits per heavy atom. The van der Waals surface area contributed by atoms with Crippen LogP contribution >= 0.6 is 11.6 Å². The molecule has 3 aromatic rings. The van der Waals surface area contributed by atoms with Crippen molar-refractivity contribution in [2.75, 3.05) is 12.4 Å². The summed E-state index contributed by atoms with van der Waals surface area (Å²) in [5.41, 5.74) is 0.320. The Labute approximate surface area is 152 Å². The second kappa shape index (κ2) is 7.32. The minimum absolute atomic E-state index is 0.141. The molecular formula is C17H13ClN4O4. The van der Waals surface area contributed by atoms with E-state index in [1.807, 2.05) is 0 Å². The minimum Gasteiger partial charge on any atom is -0.465 e. The zero-order chi connectivity index (χ0) is 18.7. The Balaban J connectivity index is 1.86. The zero-order valence-electron chi connectivity index (χ0n) is 13.6. The monoisotopic (exact) mass is 372 g/mol. The third kappa shape index (κ3) is 3.55. The fourth-order valence-electron chi connectivity index (χ4n) is 2.36. The maximum Gasteiger partial charge on any atom is 0.339 e. The number of benzene rings is 2. The van der Waals surface area contributed by atoms with Gasteiger partial charge in [-0.25, -0.2) is 9.48 Å². The number of rotatable bonds is 4. The standard InChI is InChI=1S/C17H13ClN4O4/c1-26-17(25)12-7-6-10(18)8-14(12)19-15(23)9-22-16(24)11-4-2-3-5-13(11)20-21-22/h2-8H,9H2,1H3,(H,19,23). The lowest BCUT2D eigenvalue weighted by Crippen LogP contribution is -2.30. The van der Waals surface area contributed by atoms with E-state index >= 15 is 0 Å². The van der Waals surface area contributed by atoms with Gasteiger partial charge in [0.05, 0.1) is 23.7 Å². The molecule has 3 rings (SSSR count). The van der Waals surface area contributed by atoms with Gasteiger partial charge in [-0.1, -0.05) is 28.9 Å². The molecule has 0 saturated heterocycles. The highest BCUT2D eigenvalue weighted by atomic mass is 35.5. The Morgan fingerprint density at radius 2 is 2.00 bits per heavy atom. The summed E-state index contributed by atoms with van der Waals surface area (Å²) >= 11 is 5.92. The largest absolute Gasteiger partial charge is 0.465 e. The lowest BCUT2D eigenvalue weighted by molar-refractivity contribution is -0.117. The molecule has 8 nitrogen and oxygen atoms in total. The van der Waals surface area contributed by atoms with Gasteiger partial charge in [-0.15, -0.1) is 5.10 Å². The van der Waals surface area contributed by atoms with E-state index in [0.29, 0.717) is 15.9 Å². The highest BCUT2D eigenvalue weighted by Crippen LogP contribution is 2.22. The van der Waals surface area contributed by atoms with Crippen molar-refractivity contribution in [3.05, 3.63) is 63.4 Å². The normalized spacial score (nSPS) is 10.5. The number of esters is 1. The van der Waals surface area contributed by atoms with Crippen LogP contribution in [0.4, 0.5) is 5.69 Å². The summed E-state index contributed by atoms with van der Waals surface area (Å²) in [4.78, 5) is 36.5. The van der Waals surface area contributed by atoms with E-state index in [4.69, 9.17) is 11.6 Å². The van der Waals surface area contributed by atoms with Gasteiger partial charge >= 0.3 is 5.97 Å². The fourth-order valence-corrected chi connectivity index (χ4v) is 2.53. The molecule has 0 saturated carbocycles. The molecule has 26 heavy (non-hydrogen) atoms. The first kappa shape index (κ1) is 17.6. The number of amides is 1. The minimum atomic E-state index is -0.625. The van der Waals surface area contributed by atoms with Crippen LogP contribution in [0.1, 0.15) is 10.4 Å². The molecular weight excluding hydrogens is 360 g/mol. The molecule has 1 amide bonds. The van der Waals surface area contributed by atoms with Gasteiger partial charge in [0.15, 0.2) is 0 Å². The number of aromatic nitrogens is 3. The number of anilines is 1. The van der Waals surface area contributed by atoms with Crippen molar-refractivity contribution < 1.29 is 14.3 Å². The van der Waals surface area contributed by atoms with Crippen molar-refractivity contribution in [2.45, 2.75) is 6.54 Å². The van der Waals surface area contributed by atoms with Crippen molar-refractivity contribution >= 4 is 40.1 Å². The smallest absolute Gasteiger partial charge is 0.339 e. The SMILES string of the molecule is COC(=O)c1ccc(Cl)cc1NC(=O)Cn1nnc2ccccc2c1=O. The summed E-state index contributed by atoms with van der Waals surface area (Å²) in [6.45, 7) is -0.371. The Morgan fingerprint density at radius 3 is 2.77 bits per heavy atom. The van der Waals surface area contributed by atoms with Crippen LogP contribution in [-0.2, 0) is 16.1 Å². The first-order chi connectivity index (χ1) is 12.5. The maximum absolute atomic E-state index is 12.4. The number of halogens is 1. The molecule has 0 atom stereocenters. The van der Waals surface area contributed by atoms with Crippen LogP contribution in [0.25, 0.3) is 10.9 Å². The first-order valence-electron chi connectivity index (χ1n) is 7.50. The van der Waals surface area contributed by atoms with Crippen LogP contribution in [0.5, 0.6) is 0 Å². The molecule has 132 valence electrons. The van der Waals surface area contributed by atoms with E-state index in [1.54, 1.807) is 24.3 Å². The molecule has 1 heterocycles. The molecule has 1 N–H and O–H groups in total. The predicted molar refractivity (Wildman–Crippen MR) is 95.2 cm³/mol. The van der Waals surface area contributed by atoms with Crippen LogP contribution in [0.3, 0.4) is 0 Å². The average Bonchev–Trinajstić information content (AvgIpc) is 2.64. The molecule has 0 spiro atoms. The van der Waals surface area contributed by atoms with Gasteiger partial charge in [0.2, 0.25) is 5.91 Å². The molecule has 0 aliphatic rings. The molecule has 0 aliphatic carbocycles. The van der Waals surface area contributed by atoms with E-state index in [9.17, 15) is 14.4 Å². The number of methoxy groups -OCH3 is 1. The molecule has 1 aromatic heterocycles. The molecule has 0 unspecified atom stereocenters. The van der Waals surface area contributed by atoms with E-state index in [1.165, 1.54) is 25.3 Å². The van der Waals surface area contributed by atoms with Crippen LogP contribution in [0.15, 0.2) is 47.3 Å². The summed E-state index contributed by atoms with van der Waals surface area (Å²) in [6, 6.07) is 11.1. The topological polar surface area (TPSA) is 103 Å². The van der Waals surface area contributed by atoms with Gasteiger partial charge in [0, 0.05) is 5.02 Å². The summed E-state index contributed by atoms with van der Waals surface area (Å²) in [6.07, 6.45) is 0. The van der Waals surface area contributed by atoms with Gasteiger partial charge < -0.3 is 10.1 Å². The van der Waals surface area contributed by atoms with Crippen LogP contribution < -0.4 is 10.9 Å². The second-order valence-corrected chi connectivity index (χ2v) is 5.74. The molecule has 0 bridgehead atoms. The summed E-state index contributed by atoms with van der Waals surface area (Å²) in [5.74, 6) is -1.19. The number of hydrogen-bond acceptors (Lipinski definition) is 6.